The first-order valence-corrected chi connectivity index (χ1v) is 4.34. The zero-order chi connectivity index (χ0) is 11.0. The third-order valence-corrected chi connectivity index (χ3v) is 2.18. The highest BCUT2D eigenvalue weighted by molar-refractivity contribution is 6.22. The van der Waals surface area contributed by atoms with E-state index >= 15 is 0 Å². The summed E-state index contributed by atoms with van der Waals surface area (Å²) in [4.78, 5) is 0. The second-order valence-corrected chi connectivity index (χ2v) is 3.58. The molecule has 0 amide bonds. The van der Waals surface area contributed by atoms with Crippen LogP contribution in [0.5, 0.6) is 0 Å². The summed E-state index contributed by atoms with van der Waals surface area (Å²) >= 11 is 4.20. The monoisotopic (exact) mass is 238 g/mol. The molecule has 1 heterocycles. The smallest absolute Gasteiger partial charge is 0.358 e. The molecule has 0 N–H and O–H groups in total. The molecule has 0 aromatic rings. The Morgan fingerprint density at radius 3 is 2.21 bits per heavy atom. The molecule has 2 unspecified atom stereocenters. The number of ether oxygens (including phenoxy) is 1. The van der Waals surface area contributed by atoms with Crippen LogP contribution in [0.25, 0.3) is 0 Å². The van der Waals surface area contributed by atoms with Gasteiger partial charge in [-0.1, -0.05) is 0 Å². The Morgan fingerprint density at radius 2 is 1.86 bits per heavy atom. The van der Waals surface area contributed by atoms with Crippen LogP contribution in [0.15, 0.2) is 0 Å². The van der Waals surface area contributed by atoms with Gasteiger partial charge >= 0.3 is 11.3 Å². The van der Waals surface area contributed by atoms with E-state index in [1.165, 1.54) is 0 Å². The minimum absolute atomic E-state index is 0.0286. The summed E-state index contributed by atoms with van der Waals surface area (Å²) in [5.74, 6) is -4.25. The maximum absolute atomic E-state index is 13.0. The molecule has 0 aromatic heterocycles. The van der Waals surface area contributed by atoms with Crippen molar-refractivity contribution in [3.05, 3.63) is 0 Å². The second kappa shape index (κ2) is 3.81. The molecule has 2 atom stereocenters. The third kappa shape index (κ3) is 2.28. The normalized spacial score (nSPS) is 26.6. The molecule has 1 saturated heterocycles. The Kier molecular flexibility index (Phi) is 3.26. The zero-order valence-electron chi connectivity index (χ0n) is 6.95. The van der Waals surface area contributed by atoms with Gasteiger partial charge in [-0.3, -0.25) is 0 Å². The van der Waals surface area contributed by atoms with Gasteiger partial charge < -0.3 is 4.74 Å². The number of halogens is 6. The average molecular weight is 239 g/mol. The van der Waals surface area contributed by atoms with E-state index < -0.39 is 23.6 Å². The summed E-state index contributed by atoms with van der Waals surface area (Å²) in [7, 11) is 0. The van der Waals surface area contributed by atoms with Gasteiger partial charge in [0.05, 0.1) is 0 Å². The summed E-state index contributed by atoms with van der Waals surface area (Å²) in [6.07, 6.45) is -5.36. The lowest BCUT2D eigenvalue weighted by molar-refractivity contribution is -0.198. The van der Waals surface area contributed by atoms with Gasteiger partial charge in [-0.25, -0.2) is 13.2 Å². The van der Waals surface area contributed by atoms with E-state index in [1.54, 1.807) is 0 Å². The van der Waals surface area contributed by atoms with Crippen LogP contribution in [0.1, 0.15) is 12.8 Å². The van der Waals surface area contributed by atoms with Crippen LogP contribution in [0.4, 0.5) is 22.0 Å². The Hall–Kier alpha value is -0.100. The summed E-state index contributed by atoms with van der Waals surface area (Å²) in [5.41, 5.74) is 0. The molecule has 0 spiro atoms. The van der Waals surface area contributed by atoms with Crippen molar-refractivity contribution >= 4 is 11.6 Å². The summed E-state index contributed by atoms with van der Waals surface area (Å²) in [5, 5.41) is -4.57. The average Bonchev–Trinajstić information content (AvgIpc) is 2.53. The van der Waals surface area contributed by atoms with Crippen molar-refractivity contribution in [3.63, 3.8) is 0 Å². The van der Waals surface area contributed by atoms with Crippen molar-refractivity contribution in [2.45, 2.75) is 36.4 Å². The fourth-order valence-electron chi connectivity index (χ4n) is 1.26. The van der Waals surface area contributed by atoms with Crippen LogP contribution in [-0.4, -0.2) is 30.2 Å². The lowest BCUT2D eigenvalue weighted by Gasteiger charge is -2.27. The molecule has 0 bridgehead atoms. The standard InChI is InChI=1S/C7H8ClF5O/c8-7(12,13)5(9)6(10,11)4-2-1-3-14-4/h4-5H,1-3H2. The van der Waals surface area contributed by atoms with Crippen molar-refractivity contribution in [2.75, 3.05) is 6.61 Å². The molecule has 14 heavy (non-hydrogen) atoms. The van der Waals surface area contributed by atoms with Crippen molar-refractivity contribution < 1.29 is 26.7 Å². The second-order valence-electron chi connectivity index (χ2n) is 3.08. The van der Waals surface area contributed by atoms with Crippen molar-refractivity contribution in [1.82, 2.24) is 0 Å². The van der Waals surface area contributed by atoms with Crippen molar-refractivity contribution in [3.8, 4) is 0 Å². The molecular formula is C7H8ClF5O. The van der Waals surface area contributed by atoms with Crippen LogP contribution < -0.4 is 0 Å². The van der Waals surface area contributed by atoms with E-state index in [-0.39, 0.29) is 13.0 Å². The summed E-state index contributed by atoms with van der Waals surface area (Å²) < 4.78 is 67.2. The molecule has 0 radical (unpaired) electrons. The van der Waals surface area contributed by atoms with E-state index in [0.717, 1.165) is 0 Å². The molecular weight excluding hydrogens is 231 g/mol. The van der Waals surface area contributed by atoms with Crippen LogP contribution in [0, 0.1) is 0 Å². The Bertz CT molecular complexity index is 199. The first-order chi connectivity index (χ1) is 6.26. The van der Waals surface area contributed by atoms with Crippen LogP contribution >= 0.6 is 11.6 Å². The molecule has 1 aliphatic heterocycles. The van der Waals surface area contributed by atoms with Gasteiger partial charge in [-0.2, -0.15) is 8.78 Å². The number of rotatable bonds is 3. The molecule has 1 rings (SSSR count). The van der Waals surface area contributed by atoms with Gasteiger partial charge in [-0.15, -0.1) is 0 Å². The van der Waals surface area contributed by atoms with E-state index in [1.807, 2.05) is 0 Å². The van der Waals surface area contributed by atoms with Crippen LogP contribution in [-0.2, 0) is 4.74 Å². The fraction of sp³-hybridized carbons (Fsp3) is 1.00. The topological polar surface area (TPSA) is 9.23 Å². The molecule has 1 aliphatic rings. The van der Waals surface area contributed by atoms with Crippen LogP contribution in [0.2, 0.25) is 0 Å². The highest BCUT2D eigenvalue weighted by atomic mass is 35.5. The van der Waals surface area contributed by atoms with Gasteiger partial charge in [-0.05, 0) is 24.4 Å². The van der Waals surface area contributed by atoms with Gasteiger partial charge in [0.1, 0.15) is 6.10 Å². The van der Waals surface area contributed by atoms with Gasteiger partial charge in [0.2, 0.25) is 6.17 Å². The van der Waals surface area contributed by atoms with Crippen molar-refractivity contribution in [2.24, 2.45) is 0 Å². The SMILES string of the molecule is FC(C(F)(F)Cl)C(F)(F)C1CCCO1. The summed E-state index contributed by atoms with van der Waals surface area (Å²) in [6.45, 7) is 0.0286. The Morgan fingerprint density at radius 1 is 1.29 bits per heavy atom. The van der Waals surface area contributed by atoms with Crippen molar-refractivity contribution in [1.29, 1.82) is 0 Å². The molecule has 1 fully saturated rings. The molecule has 84 valence electrons. The molecule has 7 heteroatoms. The quantitative estimate of drug-likeness (QED) is 0.543. The zero-order valence-corrected chi connectivity index (χ0v) is 7.71. The maximum atomic E-state index is 13.0. The van der Waals surface area contributed by atoms with E-state index in [9.17, 15) is 22.0 Å². The lowest BCUT2D eigenvalue weighted by Crippen LogP contribution is -2.48. The first kappa shape index (κ1) is 12.0. The maximum Gasteiger partial charge on any atom is 0.358 e. The third-order valence-electron chi connectivity index (χ3n) is 1.98. The number of hydrogen-bond acceptors (Lipinski definition) is 1. The van der Waals surface area contributed by atoms with Gasteiger partial charge in [0, 0.05) is 6.61 Å². The predicted molar refractivity (Wildman–Crippen MR) is 39.6 cm³/mol. The highest BCUT2D eigenvalue weighted by Gasteiger charge is 2.60. The van der Waals surface area contributed by atoms with E-state index in [2.05, 4.69) is 16.3 Å². The number of hydrogen-bond donors (Lipinski definition) is 0. The van der Waals surface area contributed by atoms with Gasteiger partial charge in [0.15, 0.2) is 0 Å². The lowest BCUT2D eigenvalue weighted by atomic mass is 10.1. The van der Waals surface area contributed by atoms with E-state index in [4.69, 9.17) is 0 Å². The minimum Gasteiger partial charge on any atom is -0.372 e. The Labute approximate surface area is 82.2 Å². The molecule has 0 saturated carbocycles. The molecule has 0 aromatic carbocycles. The summed E-state index contributed by atoms with van der Waals surface area (Å²) in [6, 6.07) is 0. The fourth-order valence-corrected chi connectivity index (χ4v) is 1.41. The number of alkyl halides is 6. The largest absolute Gasteiger partial charge is 0.372 e. The predicted octanol–water partition coefficient (Wildman–Crippen LogP) is 2.97. The molecule has 1 nitrogen and oxygen atoms in total. The Balaban J connectivity index is 2.72. The van der Waals surface area contributed by atoms with Crippen LogP contribution in [0.3, 0.4) is 0 Å². The first-order valence-electron chi connectivity index (χ1n) is 3.96. The highest BCUT2D eigenvalue weighted by Crippen LogP contribution is 2.41. The van der Waals surface area contributed by atoms with E-state index in [0.29, 0.717) is 6.42 Å². The molecule has 0 aliphatic carbocycles. The minimum atomic E-state index is -4.57. The van der Waals surface area contributed by atoms with Gasteiger partial charge in [0.25, 0.3) is 0 Å².